The number of amides is 2. The van der Waals surface area contributed by atoms with Crippen molar-refractivity contribution in [3.05, 3.63) is 84.4 Å². The number of likely N-dealkylation sites (N-methyl/N-ethyl adjacent to an activating group) is 1. The Morgan fingerprint density at radius 3 is 2.28 bits per heavy atom. The molecule has 0 atom stereocenters. The maximum atomic E-state index is 13.4. The summed E-state index contributed by atoms with van der Waals surface area (Å²) >= 11 is 0. The van der Waals surface area contributed by atoms with Crippen LogP contribution in [0.3, 0.4) is 0 Å². The number of nitrogens with two attached hydrogens (primary N) is 1. The molecule has 1 aliphatic heterocycles. The fourth-order valence-electron chi connectivity index (χ4n) is 3.99. The minimum absolute atomic E-state index is 0.0104. The highest BCUT2D eigenvalue weighted by molar-refractivity contribution is 7.92. The van der Waals surface area contributed by atoms with E-state index in [0.717, 1.165) is 24.2 Å². The van der Waals surface area contributed by atoms with E-state index >= 15 is 0 Å². The smallest absolute Gasteiger partial charge is 0.338 e. The van der Waals surface area contributed by atoms with E-state index in [4.69, 9.17) is 10.5 Å². The van der Waals surface area contributed by atoms with Gasteiger partial charge in [-0.2, -0.15) is 12.8 Å². The number of hydrazine groups is 1. The Balaban J connectivity index is 1.55. The van der Waals surface area contributed by atoms with Crippen molar-refractivity contribution in [3.8, 4) is 0 Å². The third-order valence-corrected chi connectivity index (χ3v) is 8.58. The molecule has 12 nitrogen and oxygen atoms in total. The lowest BCUT2D eigenvalue weighted by Gasteiger charge is -2.34. The number of piperazine rings is 1. The van der Waals surface area contributed by atoms with Crippen LogP contribution in [-0.4, -0.2) is 65.2 Å². The molecule has 3 aromatic rings. The largest absolute Gasteiger partial charge is 0.354 e. The fourth-order valence-corrected chi connectivity index (χ4v) is 5.82. The van der Waals surface area contributed by atoms with Crippen molar-refractivity contribution in [2.75, 3.05) is 36.4 Å². The van der Waals surface area contributed by atoms with Crippen molar-refractivity contribution < 1.29 is 21.6 Å². The number of carbonyl (C=O) groups is 1. The molecule has 5 N–H and O–H groups in total. The Morgan fingerprint density at radius 1 is 0.949 bits per heavy atom. The normalized spacial score (nSPS) is 14.6. The Morgan fingerprint density at radius 2 is 1.64 bits per heavy atom. The molecule has 1 fully saturated rings. The molecule has 0 aromatic heterocycles. The second-order valence-corrected chi connectivity index (χ2v) is 12.3. The molecule has 1 saturated heterocycles. The van der Waals surface area contributed by atoms with Crippen LogP contribution in [0.5, 0.6) is 0 Å². The van der Waals surface area contributed by atoms with E-state index in [1.807, 2.05) is 18.0 Å². The van der Waals surface area contributed by atoms with Gasteiger partial charge in [0.2, 0.25) is 10.0 Å². The number of sulfonamides is 2. The summed E-state index contributed by atoms with van der Waals surface area (Å²) in [4.78, 5) is 16.7. The van der Waals surface area contributed by atoms with Gasteiger partial charge in [0.25, 0.3) is 10.0 Å². The van der Waals surface area contributed by atoms with Crippen molar-refractivity contribution in [2.24, 2.45) is 5.14 Å². The van der Waals surface area contributed by atoms with Crippen molar-refractivity contribution in [1.29, 1.82) is 5.41 Å². The molecular formula is C25H29N7O5S2. The van der Waals surface area contributed by atoms with E-state index in [1.165, 1.54) is 24.3 Å². The molecule has 2 amide bonds. The average molecular weight is 572 g/mol. The average Bonchev–Trinajstić information content (AvgIpc) is 2.89. The third-order valence-electron chi connectivity index (χ3n) is 6.00. The van der Waals surface area contributed by atoms with Gasteiger partial charge in [-0.05, 0) is 61.1 Å². The number of amidine groups is 1. The zero-order chi connectivity index (χ0) is 28.2. The molecule has 0 spiro atoms. The number of carbonyl (C=O) groups excluding carboxylic acids is 1. The first-order valence-corrected chi connectivity index (χ1v) is 14.8. The van der Waals surface area contributed by atoms with E-state index in [-0.39, 0.29) is 15.5 Å². The second-order valence-electron chi connectivity index (χ2n) is 8.99. The lowest BCUT2D eigenvalue weighted by Crippen LogP contribution is -2.48. The van der Waals surface area contributed by atoms with Gasteiger partial charge in [0, 0.05) is 25.3 Å². The van der Waals surface area contributed by atoms with Gasteiger partial charge in [-0.3, -0.25) is 10.3 Å². The summed E-state index contributed by atoms with van der Waals surface area (Å²) in [6.07, 6.45) is 0. The van der Waals surface area contributed by atoms with Crippen LogP contribution in [0.4, 0.5) is 16.2 Å². The van der Waals surface area contributed by atoms with Crippen molar-refractivity contribution >= 4 is 43.3 Å². The first kappa shape index (κ1) is 28.0. The maximum Gasteiger partial charge on any atom is 0.338 e. The van der Waals surface area contributed by atoms with E-state index in [9.17, 15) is 21.6 Å². The first-order valence-electron chi connectivity index (χ1n) is 11.8. The summed E-state index contributed by atoms with van der Waals surface area (Å²) in [6.45, 7) is 2.61. The van der Waals surface area contributed by atoms with Gasteiger partial charge < -0.3 is 10.2 Å². The number of nitrogens with one attached hydrogen (secondary N) is 3. The van der Waals surface area contributed by atoms with Crippen LogP contribution in [0.25, 0.3) is 0 Å². The van der Waals surface area contributed by atoms with Gasteiger partial charge in [-0.25, -0.2) is 23.8 Å². The molecular weight excluding hydrogens is 542 g/mol. The number of primary sulfonamides is 1. The lowest BCUT2D eigenvalue weighted by molar-refractivity contribution is 0.252. The number of hydrogen-bond donors (Lipinski definition) is 4. The third kappa shape index (κ3) is 6.92. The van der Waals surface area contributed by atoms with Crippen LogP contribution in [0.15, 0.2) is 88.7 Å². The van der Waals surface area contributed by atoms with Crippen LogP contribution in [-0.2, 0) is 26.6 Å². The molecule has 1 heterocycles. The minimum atomic E-state index is -4.28. The van der Waals surface area contributed by atoms with Crippen molar-refractivity contribution in [3.63, 3.8) is 0 Å². The quantitative estimate of drug-likeness (QED) is 0.300. The first-order chi connectivity index (χ1) is 18.4. The number of anilines is 2. The molecule has 0 saturated carbocycles. The van der Waals surface area contributed by atoms with Gasteiger partial charge in [-0.1, -0.05) is 30.3 Å². The minimum Gasteiger partial charge on any atom is -0.354 e. The second kappa shape index (κ2) is 11.4. The molecule has 206 valence electrons. The number of nitrogens with zero attached hydrogens (tertiary/aromatic N) is 3. The van der Waals surface area contributed by atoms with Crippen LogP contribution in [0, 0.1) is 5.41 Å². The van der Waals surface area contributed by atoms with E-state index in [1.54, 1.807) is 36.4 Å². The number of benzene rings is 3. The van der Waals surface area contributed by atoms with Gasteiger partial charge >= 0.3 is 6.03 Å². The molecule has 0 radical (unpaired) electrons. The molecule has 0 aliphatic carbocycles. The SMILES string of the molecule is CN1CCN(Cc2cccc(NC(=O)NN(c3ccc(S(N)(=O)=O)cc3)S(=O)(=O)c3ccccc3)c2)C(=N)C1. The Hall–Kier alpha value is -3.98. The Labute approximate surface area is 227 Å². The zero-order valence-electron chi connectivity index (χ0n) is 21.1. The highest BCUT2D eigenvalue weighted by atomic mass is 32.2. The molecule has 4 rings (SSSR count). The molecule has 39 heavy (non-hydrogen) atoms. The molecule has 0 bridgehead atoms. The van der Waals surface area contributed by atoms with Crippen molar-refractivity contribution in [2.45, 2.75) is 16.3 Å². The van der Waals surface area contributed by atoms with Gasteiger partial charge in [0.1, 0.15) is 5.84 Å². The highest BCUT2D eigenvalue weighted by Crippen LogP contribution is 2.23. The number of hydrogen-bond acceptors (Lipinski definition) is 7. The molecule has 0 unspecified atom stereocenters. The Kier molecular flexibility index (Phi) is 8.20. The Bertz CT molecular complexity index is 1560. The lowest BCUT2D eigenvalue weighted by atomic mass is 10.1. The van der Waals surface area contributed by atoms with E-state index < -0.39 is 26.1 Å². The monoisotopic (exact) mass is 571 g/mol. The van der Waals surface area contributed by atoms with Crippen LogP contribution in [0.1, 0.15) is 5.56 Å². The molecule has 3 aromatic carbocycles. The summed E-state index contributed by atoms with van der Waals surface area (Å²) in [5.41, 5.74) is 3.64. The molecule has 14 heteroatoms. The maximum absolute atomic E-state index is 13.4. The fraction of sp³-hybridized carbons (Fsp3) is 0.200. The standard InChI is InChI=1S/C25H29N7O5S2/c1-30-14-15-31(24(26)18-30)17-19-6-5-7-20(16-19)28-25(33)29-32(39(36,37)23-8-3-2-4-9-23)21-10-12-22(13-11-21)38(27,34)35/h2-13,16,26H,14-15,17-18H2,1H3,(H2,27,34,35)(H2,28,29,33). The van der Waals surface area contributed by atoms with Crippen LogP contribution >= 0.6 is 0 Å². The number of rotatable bonds is 8. The summed E-state index contributed by atoms with van der Waals surface area (Å²) in [7, 11) is -6.32. The van der Waals surface area contributed by atoms with Crippen LogP contribution < -0.4 is 20.3 Å². The summed E-state index contributed by atoms with van der Waals surface area (Å²) in [5.74, 6) is 0.509. The van der Waals surface area contributed by atoms with Crippen LogP contribution in [0.2, 0.25) is 0 Å². The van der Waals surface area contributed by atoms with Gasteiger partial charge in [0.15, 0.2) is 0 Å². The summed E-state index contributed by atoms with van der Waals surface area (Å²) in [5, 5.41) is 16.0. The topological polar surface area (TPSA) is 169 Å². The van der Waals surface area contributed by atoms with E-state index in [0.29, 0.717) is 35.6 Å². The van der Waals surface area contributed by atoms with Gasteiger partial charge in [0.05, 0.1) is 22.0 Å². The van der Waals surface area contributed by atoms with E-state index in [2.05, 4.69) is 15.6 Å². The number of urea groups is 1. The predicted molar refractivity (Wildman–Crippen MR) is 148 cm³/mol. The summed E-state index contributed by atoms with van der Waals surface area (Å²) in [6, 6.07) is 18.5. The highest BCUT2D eigenvalue weighted by Gasteiger charge is 2.27. The van der Waals surface area contributed by atoms with Gasteiger partial charge in [-0.15, -0.1) is 0 Å². The zero-order valence-corrected chi connectivity index (χ0v) is 22.7. The van der Waals surface area contributed by atoms with Crippen molar-refractivity contribution in [1.82, 2.24) is 15.2 Å². The predicted octanol–water partition coefficient (Wildman–Crippen LogP) is 1.99. The molecule has 1 aliphatic rings. The summed E-state index contributed by atoms with van der Waals surface area (Å²) < 4.78 is 50.9.